The molecule has 0 saturated heterocycles. The predicted molar refractivity (Wildman–Crippen MR) is 63.4 cm³/mol. The van der Waals surface area contributed by atoms with Gasteiger partial charge in [-0.3, -0.25) is 4.79 Å². The molecule has 0 radical (unpaired) electrons. The molecule has 1 amide bonds. The Balaban J connectivity index is 2.49. The lowest BCUT2D eigenvalue weighted by Crippen LogP contribution is -2.30. The summed E-state index contributed by atoms with van der Waals surface area (Å²) >= 11 is 0. The van der Waals surface area contributed by atoms with Crippen LogP contribution in [0.25, 0.3) is 0 Å². The van der Waals surface area contributed by atoms with Crippen LogP contribution in [0.1, 0.15) is 15.9 Å². The van der Waals surface area contributed by atoms with E-state index in [9.17, 15) is 4.79 Å². The Labute approximate surface area is 96.0 Å². The third-order valence-corrected chi connectivity index (χ3v) is 2.19. The zero-order valence-corrected chi connectivity index (χ0v) is 9.75. The SMILES string of the molecule is CNCCNC(=O)c1ccc(COC)cc1. The first-order valence-corrected chi connectivity index (χ1v) is 5.28. The number of ether oxygens (including phenoxy) is 1. The summed E-state index contributed by atoms with van der Waals surface area (Å²) in [7, 11) is 3.50. The number of rotatable bonds is 6. The molecule has 4 nitrogen and oxygen atoms in total. The van der Waals surface area contributed by atoms with E-state index in [1.165, 1.54) is 0 Å². The van der Waals surface area contributed by atoms with Crippen molar-refractivity contribution in [2.45, 2.75) is 6.61 Å². The van der Waals surface area contributed by atoms with E-state index < -0.39 is 0 Å². The van der Waals surface area contributed by atoms with E-state index in [-0.39, 0.29) is 5.91 Å². The Kier molecular flexibility index (Phi) is 5.53. The lowest BCUT2D eigenvalue weighted by atomic mass is 10.1. The molecule has 4 heteroatoms. The van der Waals surface area contributed by atoms with Crippen molar-refractivity contribution in [1.82, 2.24) is 10.6 Å². The fraction of sp³-hybridized carbons (Fsp3) is 0.417. The Morgan fingerprint density at radius 1 is 1.25 bits per heavy atom. The minimum absolute atomic E-state index is 0.0424. The molecular weight excluding hydrogens is 204 g/mol. The van der Waals surface area contributed by atoms with Gasteiger partial charge in [0.25, 0.3) is 5.91 Å². The van der Waals surface area contributed by atoms with Gasteiger partial charge in [0.2, 0.25) is 0 Å². The maximum atomic E-state index is 11.6. The number of likely N-dealkylation sites (N-methyl/N-ethyl adjacent to an activating group) is 1. The first kappa shape index (κ1) is 12.7. The summed E-state index contributed by atoms with van der Waals surface area (Å²) in [6.45, 7) is 1.98. The highest BCUT2D eigenvalue weighted by molar-refractivity contribution is 5.94. The summed E-state index contributed by atoms with van der Waals surface area (Å²) < 4.78 is 5.00. The van der Waals surface area contributed by atoms with Gasteiger partial charge < -0.3 is 15.4 Å². The molecule has 0 heterocycles. The van der Waals surface area contributed by atoms with Crippen molar-refractivity contribution in [1.29, 1.82) is 0 Å². The summed E-state index contributed by atoms with van der Waals surface area (Å²) in [5.41, 5.74) is 1.74. The molecule has 0 aliphatic carbocycles. The van der Waals surface area contributed by atoms with E-state index in [1.807, 2.05) is 31.3 Å². The van der Waals surface area contributed by atoms with Gasteiger partial charge in [-0.2, -0.15) is 0 Å². The average molecular weight is 222 g/mol. The van der Waals surface area contributed by atoms with Gasteiger partial charge in [-0.05, 0) is 24.7 Å². The van der Waals surface area contributed by atoms with Crippen LogP contribution in [0, 0.1) is 0 Å². The van der Waals surface area contributed by atoms with E-state index in [1.54, 1.807) is 7.11 Å². The van der Waals surface area contributed by atoms with Gasteiger partial charge in [-0.1, -0.05) is 12.1 Å². The fourth-order valence-corrected chi connectivity index (χ4v) is 1.32. The molecule has 0 aliphatic rings. The highest BCUT2D eigenvalue weighted by Gasteiger charge is 2.03. The first-order chi connectivity index (χ1) is 7.77. The van der Waals surface area contributed by atoms with Crippen LogP contribution in [-0.2, 0) is 11.3 Å². The highest BCUT2D eigenvalue weighted by atomic mass is 16.5. The summed E-state index contributed by atoms with van der Waals surface area (Å²) in [5, 5.41) is 5.79. The third-order valence-electron chi connectivity index (χ3n) is 2.19. The Hall–Kier alpha value is -1.39. The van der Waals surface area contributed by atoms with Gasteiger partial charge in [-0.25, -0.2) is 0 Å². The lowest BCUT2D eigenvalue weighted by molar-refractivity contribution is 0.0954. The van der Waals surface area contributed by atoms with Crippen molar-refractivity contribution in [3.05, 3.63) is 35.4 Å². The van der Waals surface area contributed by atoms with E-state index >= 15 is 0 Å². The van der Waals surface area contributed by atoms with Crippen molar-refractivity contribution in [3.8, 4) is 0 Å². The van der Waals surface area contributed by atoms with Crippen molar-refractivity contribution in [3.63, 3.8) is 0 Å². The lowest BCUT2D eigenvalue weighted by Gasteiger charge is -2.05. The average Bonchev–Trinajstić information content (AvgIpc) is 2.30. The normalized spacial score (nSPS) is 10.1. The molecule has 1 aromatic carbocycles. The van der Waals surface area contributed by atoms with E-state index in [0.29, 0.717) is 18.7 Å². The number of nitrogens with one attached hydrogen (secondary N) is 2. The monoisotopic (exact) mass is 222 g/mol. The Morgan fingerprint density at radius 2 is 1.94 bits per heavy atom. The van der Waals surface area contributed by atoms with Gasteiger partial charge in [0.05, 0.1) is 6.61 Å². The van der Waals surface area contributed by atoms with Crippen molar-refractivity contribution < 1.29 is 9.53 Å². The van der Waals surface area contributed by atoms with Crippen molar-refractivity contribution in [2.75, 3.05) is 27.2 Å². The largest absolute Gasteiger partial charge is 0.380 e. The predicted octanol–water partition coefficient (Wildman–Crippen LogP) is 0.782. The Bertz CT molecular complexity index is 322. The first-order valence-electron chi connectivity index (χ1n) is 5.28. The van der Waals surface area contributed by atoms with Gasteiger partial charge in [0, 0.05) is 25.8 Å². The summed E-state index contributed by atoms with van der Waals surface area (Å²) in [6, 6.07) is 7.42. The quantitative estimate of drug-likeness (QED) is 0.699. The second-order valence-electron chi connectivity index (χ2n) is 3.49. The van der Waals surface area contributed by atoms with Gasteiger partial charge >= 0.3 is 0 Å². The van der Waals surface area contributed by atoms with Crippen LogP contribution in [0.15, 0.2) is 24.3 Å². The smallest absolute Gasteiger partial charge is 0.251 e. The molecule has 1 rings (SSSR count). The molecule has 0 bridgehead atoms. The van der Waals surface area contributed by atoms with Gasteiger partial charge in [0.15, 0.2) is 0 Å². The summed E-state index contributed by atoms with van der Waals surface area (Å²) in [6.07, 6.45) is 0. The van der Waals surface area contributed by atoms with Crippen molar-refractivity contribution >= 4 is 5.91 Å². The molecule has 16 heavy (non-hydrogen) atoms. The minimum Gasteiger partial charge on any atom is -0.380 e. The van der Waals surface area contributed by atoms with Crippen LogP contribution in [0.2, 0.25) is 0 Å². The molecular formula is C12H18N2O2. The number of hydrogen-bond donors (Lipinski definition) is 2. The molecule has 88 valence electrons. The second kappa shape index (κ2) is 6.98. The second-order valence-corrected chi connectivity index (χ2v) is 3.49. The maximum Gasteiger partial charge on any atom is 0.251 e. The van der Waals surface area contributed by atoms with E-state index in [4.69, 9.17) is 4.74 Å². The van der Waals surface area contributed by atoms with Crippen LogP contribution in [-0.4, -0.2) is 33.2 Å². The molecule has 2 N–H and O–H groups in total. The number of carbonyl (C=O) groups is 1. The van der Waals surface area contributed by atoms with Crippen LogP contribution in [0.4, 0.5) is 0 Å². The molecule has 0 aromatic heterocycles. The van der Waals surface area contributed by atoms with E-state index in [0.717, 1.165) is 12.1 Å². The topological polar surface area (TPSA) is 50.4 Å². The van der Waals surface area contributed by atoms with E-state index in [2.05, 4.69) is 10.6 Å². The summed E-state index contributed by atoms with van der Waals surface area (Å²) in [5.74, 6) is -0.0424. The maximum absolute atomic E-state index is 11.6. The molecule has 0 aliphatic heterocycles. The number of benzene rings is 1. The molecule has 0 spiro atoms. The Morgan fingerprint density at radius 3 is 2.50 bits per heavy atom. The van der Waals surface area contributed by atoms with Crippen LogP contribution >= 0.6 is 0 Å². The molecule has 0 saturated carbocycles. The van der Waals surface area contributed by atoms with Crippen LogP contribution in [0.3, 0.4) is 0 Å². The molecule has 0 fully saturated rings. The highest BCUT2D eigenvalue weighted by Crippen LogP contribution is 2.05. The van der Waals surface area contributed by atoms with Gasteiger partial charge in [-0.15, -0.1) is 0 Å². The number of methoxy groups -OCH3 is 1. The number of amides is 1. The van der Waals surface area contributed by atoms with Crippen molar-refractivity contribution in [2.24, 2.45) is 0 Å². The fourth-order valence-electron chi connectivity index (χ4n) is 1.32. The minimum atomic E-state index is -0.0424. The molecule has 0 atom stereocenters. The molecule has 1 aromatic rings. The van der Waals surface area contributed by atoms with Gasteiger partial charge in [0.1, 0.15) is 0 Å². The zero-order valence-electron chi connectivity index (χ0n) is 9.75. The number of carbonyl (C=O) groups excluding carboxylic acids is 1. The molecule has 0 unspecified atom stereocenters. The third kappa shape index (κ3) is 4.00. The van der Waals surface area contributed by atoms with Crippen LogP contribution < -0.4 is 10.6 Å². The van der Waals surface area contributed by atoms with Crippen LogP contribution in [0.5, 0.6) is 0 Å². The summed E-state index contributed by atoms with van der Waals surface area (Å²) in [4.78, 5) is 11.6. The zero-order chi connectivity index (χ0) is 11.8. The standard InChI is InChI=1S/C12H18N2O2/c1-13-7-8-14-12(15)11-5-3-10(4-6-11)9-16-2/h3-6,13H,7-9H2,1-2H3,(H,14,15). The number of hydrogen-bond acceptors (Lipinski definition) is 3.